The van der Waals surface area contributed by atoms with E-state index < -0.39 is 4.92 Å². The molecule has 1 atom stereocenters. The lowest BCUT2D eigenvalue weighted by atomic mass is 9.69. The lowest BCUT2D eigenvalue weighted by molar-refractivity contribution is -0.384. The number of carbonyl (C=O) groups is 2. The van der Waals surface area contributed by atoms with Crippen LogP contribution in [0.15, 0.2) is 65.9 Å². The monoisotopic (exact) mass is 390 g/mol. The van der Waals surface area contributed by atoms with Gasteiger partial charge in [-0.3, -0.25) is 24.6 Å². The number of hydrogen-bond donors (Lipinski definition) is 0. The maximum Gasteiger partial charge on any atom is 0.269 e. The van der Waals surface area contributed by atoms with Crippen molar-refractivity contribution in [2.24, 2.45) is 5.41 Å². The minimum Gasteiger partial charge on any atom is -0.294 e. The molecule has 0 fully saturated rings. The van der Waals surface area contributed by atoms with Gasteiger partial charge in [0.05, 0.1) is 4.92 Å². The van der Waals surface area contributed by atoms with E-state index in [1.54, 1.807) is 17.0 Å². The summed E-state index contributed by atoms with van der Waals surface area (Å²) in [5.74, 6) is -0.390. The lowest BCUT2D eigenvalue weighted by Crippen LogP contribution is -2.43. The zero-order valence-electron chi connectivity index (χ0n) is 16.4. The van der Waals surface area contributed by atoms with Gasteiger partial charge in [-0.25, -0.2) is 0 Å². The molecule has 0 N–H and O–H groups in total. The predicted octanol–water partition coefficient (Wildman–Crippen LogP) is 4.76. The van der Waals surface area contributed by atoms with Crippen molar-refractivity contribution in [2.75, 3.05) is 4.90 Å². The highest BCUT2D eigenvalue weighted by Crippen LogP contribution is 2.48. The SMILES string of the molecule is CC1(C)CC(=O)C2=C(C1)N(c1ccccc1)C(=O)CC2c1ccc([N+](=O)[O-])cc1. The van der Waals surface area contributed by atoms with Gasteiger partial charge in [-0.05, 0) is 29.5 Å². The van der Waals surface area contributed by atoms with Gasteiger partial charge in [0.1, 0.15) is 0 Å². The zero-order chi connectivity index (χ0) is 20.8. The lowest BCUT2D eigenvalue weighted by Gasteiger charge is -2.43. The van der Waals surface area contributed by atoms with Gasteiger partial charge in [0.2, 0.25) is 5.91 Å². The van der Waals surface area contributed by atoms with Crippen molar-refractivity contribution in [1.29, 1.82) is 0 Å². The van der Waals surface area contributed by atoms with Crippen molar-refractivity contribution < 1.29 is 14.5 Å². The molecule has 1 heterocycles. The molecular weight excluding hydrogens is 368 g/mol. The van der Waals surface area contributed by atoms with Gasteiger partial charge in [-0.15, -0.1) is 0 Å². The molecule has 0 bridgehead atoms. The van der Waals surface area contributed by atoms with E-state index in [4.69, 9.17) is 0 Å². The van der Waals surface area contributed by atoms with E-state index in [1.807, 2.05) is 44.2 Å². The summed E-state index contributed by atoms with van der Waals surface area (Å²) in [6, 6.07) is 15.6. The Balaban J connectivity index is 1.85. The first kappa shape index (κ1) is 19.1. The quantitative estimate of drug-likeness (QED) is 0.559. The second kappa shape index (κ2) is 6.95. The number of carbonyl (C=O) groups excluding carboxylic acids is 2. The average Bonchev–Trinajstić information content (AvgIpc) is 2.67. The zero-order valence-corrected chi connectivity index (χ0v) is 16.4. The van der Waals surface area contributed by atoms with Gasteiger partial charge in [0, 0.05) is 47.8 Å². The Hall–Kier alpha value is -3.28. The summed E-state index contributed by atoms with van der Waals surface area (Å²) in [7, 11) is 0. The molecule has 29 heavy (non-hydrogen) atoms. The van der Waals surface area contributed by atoms with E-state index in [0.29, 0.717) is 18.4 Å². The molecule has 0 aromatic heterocycles. The molecule has 148 valence electrons. The number of benzene rings is 2. The molecule has 0 saturated heterocycles. The number of Topliss-reactive ketones (excluding diaryl/α,β-unsaturated/α-hetero) is 1. The van der Waals surface area contributed by atoms with Crippen molar-refractivity contribution >= 4 is 23.1 Å². The number of ketones is 1. The largest absolute Gasteiger partial charge is 0.294 e. The molecule has 2 aliphatic rings. The molecule has 4 rings (SSSR count). The number of nitro benzene ring substituents is 1. The van der Waals surface area contributed by atoms with Crippen molar-refractivity contribution in [3.05, 3.63) is 81.5 Å². The molecule has 1 aliphatic heterocycles. The molecule has 1 amide bonds. The van der Waals surface area contributed by atoms with E-state index in [-0.39, 0.29) is 35.1 Å². The van der Waals surface area contributed by atoms with Crippen LogP contribution in [0, 0.1) is 15.5 Å². The highest BCUT2D eigenvalue weighted by Gasteiger charge is 2.44. The smallest absolute Gasteiger partial charge is 0.269 e. The first-order chi connectivity index (χ1) is 13.8. The first-order valence-corrected chi connectivity index (χ1v) is 9.65. The number of nitro groups is 1. The minimum absolute atomic E-state index is 0.00731. The van der Waals surface area contributed by atoms with E-state index in [1.165, 1.54) is 12.1 Å². The second-order valence-electron chi connectivity index (χ2n) is 8.47. The summed E-state index contributed by atoms with van der Waals surface area (Å²) in [6.45, 7) is 4.08. The Morgan fingerprint density at radius 3 is 2.28 bits per heavy atom. The maximum absolute atomic E-state index is 13.2. The molecule has 2 aromatic rings. The van der Waals surface area contributed by atoms with Crippen LogP contribution >= 0.6 is 0 Å². The molecule has 1 unspecified atom stereocenters. The molecule has 0 radical (unpaired) electrons. The van der Waals surface area contributed by atoms with E-state index in [0.717, 1.165) is 16.9 Å². The fourth-order valence-electron chi connectivity index (χ4n) is 4.41. The van der Waals surface area contributed by atoms with Crippen LogP contribution < -0.4 is 4.90 Å². The number of nitrogens with zero attached hydrogens (tertiary/aromatic N) is 2. The molecule has 0 saturated carbocycles. The van der Waals surface area contributed by atoms with Crippen molar-refractivity contribution in [3.63, 3.8) is 0 Å². The van der Waals surface area contributed by atoms with Crippen LogP contribution in [0.5, 0.6) is 0 Å². The third kappa shape index (κ3) is 3.46. The van der Waals surface area contributed by atoms with Gasteiger partial charge < -0.3 is 0 Å². The predicted molar refractivity (Wildman–Crippen MR) is 109 cm³/mol. The van der Waals surface area contributed by atoms with Gasteiger partial charge in [0.15, 0.2) is 5.78 Å². The summed E-state index contributed by atoms with van der Waals surface area (Å²) in [5.41, 5.74) is 2.71. The Labute approximate surface area is 169 Å². The van der Waals surface area contributed by atoms with Crippen LogP contribution in [0.3, 0.4) is 0 Å². The van der Waals surface area contributed by atoms with Crippen LogP contribution in [0.2, 0.25) is 0 Å². The highest BCUT2D eigenvalue weighted by molar-refractivity contribution is 6.07. The van der Waals surface area contributed by atoms with Gasteiger partial charge in [0.25, 0.3) is 5.69 Å². The summed E-state index contributed by atoms with van der Waals surface area (Å²) >= 11 is 0. The highest BCUT2D eigenvalue weighted by atomic mass is 16.6. The Morgan fingerprint density at radius 2 is 1.66 bits per heavy atom. The molecular formula is C23H22N2O4. The first-order valence-electron chi connectivity index (χ1n) is 9.65. The number of hydrogen-bond acceptors (Lipinski definition) is 4. The third-order valence-corrected chi connectivity index (χ3v) is 5.66. The Kier molecular flexibility index (Phi) is 4.57. The number of amides is 1. The number of allylic oxidation sites excluding steroid dienone is 2. The van der Waals surface area contributed by atoms with E-state index in [9.17, 15) is 19.7 Å². The van der Waals surface area contributed by atoms with Crippen LogP contribution in [0.25, 0.3) is 0 Å². The van der Waals surface area contributed by atoms with E-state index in [2.05, 4.69) is 0 Å². The van der Waals surface area contributed by atoms with Gasteiger partial charge in [-0.1, -0.05) is 44.2 Å². The molecule has 6 heteroatoms. The normalized spacial score (nSPS) is 21.2. The molecule has 1 aliphatic carbocycles. The summed E-state index contributed by atoms with van der Waals surface area (Å²) in [4.78, 5) is 38.6. The minimum atomic E-state index is -0.452. The van der Waals surface area contributed by atoms with Crippen LogP contribution in [0.1, 0.15) is 44.6 Å². The number of anilines is 1. The van der Waals surface area contributed by atoms with Crippen molar-refractivity contribution in [1.82, 2.24) is 0 Å². The summed E-state index contributed by atoms with van der Waals surface area (Å²) in [6.07, 6.45) is 1.21. The maximum atomic E-state index is 13.2. The Morgan fingerprint density at radius 1 is 1.00 bits per heavy atom. The summed E-state index contributed by atoms with van der Waals surface area (Å²) in [5, 5.41) is 11.0. The topological polar surface area (TPSA) is 80.5 Å². The number of non-ortho nitro benzene ring substituents is 1. The van der Waals surface area contributed by atoms with Crippen LogP contribution in [0.4, 0.5) is 11.4 Å². The third-order valence-electron chi connectivity index (χ3n) is 5.66. The van der Waals surface area contributed by atoms with Crippen molar-refractivity contribution in [2.45, 2.75) is 39.0 Å². The second-order valence-corrected chi connectivity index (χ2v) is 8.47. The Bertz CT molecular complexity index is 1020. The van der Waals surface area contributed by atoms with Gasteiger partial charge >= 0.3 is 0 Å². The van der Waals surface area contributed by atoms with Crippen molar-refractivity contribution in [3.8, 4) is 0 Å². The molecule has 6 nitrogen and oxygen atoms in total. The number of para-hydroxylation sites is 1. The van der Waals surface area contributed by atoms with Crippen LogP contribution in [-0.4, -0.2) is 16.6 Å². The number of rotatable bonds is 3. The standard InChI is InChI=1S/C23H22N2O4/c1-23(2)13-19-22(20(26)14-23)18(15-8-10-17(11-9-15)25(28)29)12-21(27)24(19)16-6-4-3-5-7-16/h3-11,18H,12-14H2,1-2H3. The fourth-order valence-corrected chi connectivity index (χ4v) is 4.41. The van der Waals surface area contributed by atoms with Gasteiger partial charge in [-0.2, -0.15) is 0 Å². The fraction of sp³-hybridized carbons (Fsp3) is 0.304. The van der Waals surface area contributed by atoms with E-state index >= 15 is 0 Å². The summed E-state index contributed by atoms with van der Waals surface area (Å²) < 4.78 is 0. The average molecular weight is 390 g/mol. The molecule has 2 aromatic carbocycles. The van der Waals surface area contributed by atoms with Crippen LogP contribution in [-0.2, 0) is 9.59 Å². The molecule has 0 spiro atoms.